The van der Waals surface area contributed by atoms with Gasteiger partial charge in [0.25, 0.3) is 0 Å². The number of benzene rings is 1. The van der Waals surface area contributed by atoms with Gasteiger partial charge in [0.15, 0.2) is 0 Å². The molecule has 10 heteroatoms. The molecule has 3 aromatic heterocycles. The Bertz CT molecular complexity index is 1230. The van der Waals surface area contributed by atoms with Crippen molar-refractivity contribution in [1.29, 1.82) is 5.26 Å². The second-order valence-corrected chi connectivity index (χ2v) is 8.67. The summed E-state index contributed by atoms with van der Waals surface area (Å²) in [6, 6.07) is 15.1. The highest BCUT2D eigenvalue weighted by atomic mass is 32.2. The minimum absolute atomic E-state index is 0.0345. The van der Waals surface area contributed by atoms with E-state index >= 15 is 0 Å². The molecule has 0 amide bonds. The van der Waals surface area contributed by atoms with Crippen LogP contribution in [0.2, 0.25) is 0 Å². The van der Waals surface area contributed by atoms with Crippen molar-refractivity contribution >= 4 is 23.1 Å². The molecule has 0 saturated carbocycles. The van der Waals surface area contributed by atoms with Crippen LogP contribution >= 0.6 is 23.1 Å². The number of hydrogen-bond acceptors (Lipinski definition) is 7. The van der Waals surface area contributed by atoms with Gasteiger partial charge in [-0.3, -0.25) is 0 Å². The fourth-order valence-electron chi connectivity index (χ4n) is 2.80. The molecule has 1 unspecified atom stereocenters. The van der Waals surface area contributed by atoms with Crippen LogP contribution in [0.25, 0.3) is 22.0 Å². The first-order valence-corrected chi connectivity index (χ1v) is 10.7. The van der Waals surface area contributed by atoms with Crippen molar-refractivity contribution in [2.75, 3.05) is 0 Å². The third kappa shape index (κ3) is 4.47. The van der Waals surface area contributed by atoms with Gasteiger partial charge in [-0.15, -0.1) is 21.5 Å². The van der Waals surface area contributed by atoms with Crippen molar-refractivity contribution in [3.8, 4) is 28.1 Å². The van der Waals surface area contributed by atoms with Gasteiger partial charge in [0, 0.05) is 5.56 Å². The number of hydrogen-bond donors (Lipinski definition) is 0. The van der Waals surface area contributed by atoms with Crippen LogP contribution in [0, 0.1) is 11.3 Å². The van der Waals surface area contributed by atoms with E-state index in [2.05, 4.69) is 15.2 Å². The Morgan fingerprint density at radius 3 is 2.55 bits per heavy atom. The van der Waals surface area contributed by atoms with E-state index in [1.54, 1.807) is 30.5 Å². The number of rotatable bonds is 5. The largest absolute Gasteiger partial charge is 0.419 e. The second-order valence-electron chi connectivity index (χ2n) is 6.39. The van der Waals surface area contributed by atoms with Crippen LogP contribution in [-0.2, 0) is 6.18 Å². The van der Waals surface area contributed by atoms with E-state index in [9.17, 15) is 18.4 Å². The SMILES string of the molecule is CC(Sc1nc(-c2cccs2)cc(C(F)(F)F)c1C#N)c1nnc(-c2ccccc2)o1. The van der Waals surface area contributed by atoms with E-state index in [4.69, 9.17) is 4.42 Å². The molecule has 0 fully saturated rings. The topological polar surface area (TPSA) is 75.6 Å². The molecular formula is C21H13F3N4OS2. The molecule has 0 radical (unpaired) electrons. The highest BCUT2D eigenvalue weighted by molar-refractivity contribution is 7.99. The molecule has 3 heterocycles. The lowest BCUT2D eigenvalue weighted by atomic mass is 10.1. The summed E-state index contributed by atoms with van der Waals surface area (Å²) in [5, 5.41) is 18.7. The monoisotopic (exact) mass is 458 g/mol. The molecule has 0 aliphatic heterocycles. The number of halogens is 3. The average molecular weight is 458 g/mol. The van der Waals surface area contributed by atoms with E-state index in [1.165, 1.54) is 11.3 Å². The number of aromatic nitrogens is 3. The summed E-state index contributed by atoms with van der Waals surface area (Å²) in [6.07, 6.45) is -4.69. The Kier molecular flexibility index (Phi) is 5.80. The highest BCUT2D eigenvalue weighted by Crippen LogP contribution is 2.42. The summed E-state index contributed by atoms with van der Waals surface area (Å²) in [5.74, 6) is 0.532. The molecule has 5 nitrogen and oxygen atoms in total. The average Bonchev–Trinajstić information content (AvgIpc) is 3.45. The molecular weight excluding hydrogens is 445 g/mol. The molecule has 0 saturated heterocycles. The lowest BCUT2D eigenvalue weighted by molar-refractivity contribution is -0.138. The van der Waals surface area contributed by atoms with Gasteiger partial charge >= 0.3 is 6.18 Å². The summed E-state index contributed by atoms with van der Waals surface area (Å²) in [5.41, 5.74) is -0.647. The fraction of sp³-hybridized carbons (Fsp3) is 0.143. The lowest BCUT2D eigenvalue weighted by Gasteiger charge is -2.15. The van der Waals surface area contributed by atoms with Gasteiger partial charge in [-0.1, -0.05) is 36.0 Å². The highest BCUT2D eigenvalue weighted by Gasteiger charge is 2.36. The van der Waals surface area contributed by atoms with E-state index in [0.717, 1.165) is 23.4 Å². The third-order valence-corrected chi connectivity index (χ3v) is 6.24. The zero-order chi connectivity index (χ0) is 22.0. The van der Waals surface area contributed by atoms with Crippen LogP contribution in [0.4, 0.5) is 13.2 Å². The molecule has 0 N–H and O–H groups in total. The maximum absolute atomic E-state index is 13.7. The first-order chi connectivity index (χ1) is 14.9. The quantitative estimate of drug-likeness (QED) is 0.314. The van der Waals surface area contributed by atoms with Crippen molar-refractivity contribution in [2.24, 2.45) is 0 Å². The van der Waals surface area contributed by atoms with Crippen LogP contribution in [0.15, 0.2) is 63.4 Å². The summed E-state index contributed by atoms with van der Waals surface area (Å²) >= 11 is 2.24. The van der Waals surface area contributed by atoms with E-state index < -0.39 is 22.6 Å². The predicted octanol–water partition coefficient (Wildman–Crippen LogP) is 6.60. The van der Waals surface area contributed by atoms with E-state index in [0.29, 0.717) is 10.8 Å². The molecule has 4 rings (SSSR count). The Morgan fingerprint density at radius 2 is 1.90 bits per heavy atom. The number of nitrogens with zero attached hydrogens (tertiary/aromatic N) is 4. The molecule has 0 aliphatic rings. The number of thiophene rings is 1. The molecule has 0 spiro atoms. The van der Waals surface area contributed by atoms with E-state index in [-0.39, 0.29) is 16.6 Å². The minimum atomic E-state index is -4.69. The summed E-state index contributed by atoms with van der Waals surface area (Å²) in [4.78, 5) is 4.93. The lowest BCUT2D eigenvalue weighted by Crippen LogP contribution is -2.10. The zero-order valence-corrected chi connectivity index (χ0v) is 17.6. The van der Waals surface area contributed by atoms with Crippen LogP contribution in [0.3, 0.4) is 0 Å². The minimum Gasteiger partial charge on any atom is -0.419 e. The predicted molar refractivity (Wildman–Crippen MR) is 111 cm³/mol. The Labute approximate surface area is 183 Å². The van der Waals surface area contributed by atoms with Crippen molar-refractivity contribution in [1.82, 2.24) is 15.2 Å². The Balaban J connectivity index is 1.71. The molecule has 1 aromatic carbocycles. The molecule has 31 heavy (non-hydrogen) atoms. The van der Waals surface area contributed by atoms with Crippen molar-refractivity contribution in [3.63, 3.8) is 0 Å². The van der Waals surface area contributed by atoms with Gasteiger partial charge in [-0.2, -0.15) is 18.4 Å². The standard InChI is InChI=1S/C21H13F3N4OS2/c1-12(18-27-28-19(29-18)13-6-3-2-4-7-13)31-20-14(11-25)15(21(22,23)24)10-16(26-20)17-8-5-9-30-17/h2-10,12H,1H3. The molecule has 0 aliphatic carbocycles. The van der Waals surface area contributed by atoms with E-state index in [1.807, 2.05) is 30.3 Å². The van der Waals surface area contributed by atoms with Crippen LogP contribution in [-0.4, -0.2) is 15.2 Å². The Morgan fingerprint density at radius 1 is 1.13 bits per heavy atom. The third-order valence-electron chi connectivity index (χ3n) is 4.27. The fourth-order valence-corrected chi connectivity index (χ4v) is 4.44. The number of pyridine rings is 1. The van der Waals surface area contributed by atoms with Gasteiger partial charge in [-0.25, -0.2) is 4.98 Å². The zero-order valence-electron chi connectivity index (χ0n) is 15.9. The number of nitriles is 1. The molecule has 0 bridgehead atoms. The number of alkyl halides is 3. The Hall–Kier alpha value is -3.16. The maximum atomic E-state index is 13.7. The van der Waals surface area contributed by atoms with Crippen molar-refractivity contribution < 1.29 is 17.6 Å². The first kappa shape index (κ1) is 21.1. The first-order valence-electron chi connectivity index (χ1n) is 8.98. The van der Waals surface area contributed by atoms with Crippen LogP contribution in [0.5, 0.6) is 0 Å². The number of thioether (sulfide) groups is 1. The van der Waals surface area contributed by atoms with Gasteiger partial charge in [-0.05, 0) is 36.6 Å². The van der Waals surface area contributed by atoms with Crippen LogP contribution < -0.4 is 0 Å². The van der Waals surface area contributed by atoms with Gasteiger partial charge < -0.3 is 4.42 Å². The van der Waals surface area contributed by atoms with Gasteiger partial charge in [0.2, 0.25) is 11.8 Å². The van der Waals surface area contributed by atoms with Gasteiger partial charge in [0.1, 0.15) is 11.1 Å². The van der Waals surface area contributed by atoms with Gasteiger partial charge in [0.05, 0.1) is 26.9 Å². The molecule has 1 atom stereocenters. The summed E-state index contributed by atoms with van der Waals surface area (Å²) in [6.45, 7) is 1.71. The summed E-state index contributed by atoms with van der Waals surface area (Å²) in [7, 11) is 0. The maximum Gasteiger partial charge on any atom is 0.417 e. The van der Waals surface area contributed by atoms with Crippen LogP contribution in [0.1, 0.15) is 29.2 Å². The second kappa shape index (κ2) is 8.53. The molecule has 4 aromatic rings. The normalized spacial score (nSPS) is 12.5. The molecule has 156 valence electrons. The van der Waals surface area contributed by atoms with Crippen molar-refractivity contribution in [3.05, 3.63) is 70.9 Å². The van der Waals surface area contributed by atoms with Crippen molar-refractivity contribution in [2.45, 2.75) is 23.4 Å². The summed E-state index contributed by atoms with van der Waals surface area (Å²) < 4.78 is 46.7. The smallest absolute Gasteiger partial charge is 0.417 e.